The second-order valence-electron chi connectivity index (χ2n) is 2.20. The highest BCUT2D eigenvalue weighted by atomic mass is 35.5. The molecule has 58 valence electrons. The van der Waals surface area contributed by atoms with Crippen LogP contribution in [0, 0.1) is 0 Å². The first-order valence-corrected chi connectivity index (χ1v) is 3.73. The number of likely N-dealkylation sites (tertiary alicyclic amines) is 1. The normalized spacial score (nSPS) is 18.4. The van der Waals surface area contributed by atoms with Crippen molar-refractivity contribution in [1.82, 2.24) is 4.90 Å². The first-order chi connectivity index (χ1) is 4.74. The number of carbonyl (C=O) groups is 1. The zero-order valence-electron chi connectivity index (χ0n) is 5.84. The van der Waals surface area contributed by atoms with Gasteiger partial charge in [0.2, 0.25) is 0 Å². The van der Waals surface area contributed by atoms with Gasteiger partial charge in [0.25, 0.3) is 0 Å². The molecular formula is C6H10ClNO2. The number of ether oxygens (including phenoxy) is 1. The van der Waals surface area contributed by atoms with Crippen LogP contribution in [-0.2, 0) is 4.74 Å². The van der Waals surface area contributed by atoms with E-state index >= 15 is 0 Å². The highest BCUT2D eigenvalue weighted by Crippen LogP contribution is 2.14. The van der Waals surface area contributed by atoms with Crippen LogP contribution in [0.4, 0.5) is 4.79 Å². The molecule has 0 radical (unpaired) electrons. The summed E-state index contributed by atoms with van der Waals surface area (Å²) in [6.45, 7) is 3.47. The number of alkyl halides is 1. The van der Waals surface area contributed by atoms with Gasteiger partial charge >= 0.3 is 6.09 Å². The SMILES string of the molecule is CCOC(=O)N1CC(Cl)C1. The fourth-order valence-electron chi connectivity index (χ4n) is 0.789. The van der Waals surface area contributed by atoms with Crippen molar-refractivity contribution in [1.29, 1.82) is 0 Å². The topological polar surface area (TPSA) is 29.5 Å². The molecule has 1 saturated heterocycles. The largest absolute Gasteiger partial charge is 0.450 e. The number of amides is 1. The van der Waals surface area contributed by atoms with E-state index in [0.717, 1.165) is 0 Å². The standard InChI is InChI=1S/C6H10ClNO2/c1-2-10-6(9)8-3-5(7)4-8/h5H,2-4H2,1H3. The fourth-order valence-corrected chi connectivity index (χ4v) is 1.12. The maximum absolute atomic E-state index is 10.8. The van der Waals surface area contributed by atoms with Crippen molar-refractivity contribution < 1.29 is 9.53 Å². The minimum absolute atomic E-state index is 0.129. The van der Waals surface area contributed by atoms with E-state index in [1.54, 1.807) is 11.8 Å². The monoisotopic (exact) mass is 163 g/mol. The van der Waals surface area contributed by atoms with Crippen LogP contribution in [0.15, 0.2) is 0 Å². The van der Waals surface area contributed by atoms with Gasteiger partial charge in [0, 0.05) is 13.1 Å². The Bertz CT molecular complexity index is 134. The van der Waals surface area contributed by atoms with Crippen LogP contribution in [0.3, 0.4) is 0 Å². The van der Waals surface area contributed by atoms with Crippen molar-refractivity contribution in [3.8, 4) is 0 Å². The van der Waals surface area contributed by atoms with E-state index in [0.29, 0.717) is 19.7 Å². The summed E-state index contributed by atoms with van der Waals surface area (Å²) in [6.07, 6.45) is -0.251. The molecule has 3 nitrogen and oxygen atoms in total. The summed E-state index contributed by atoms with van der Waals surface area (Å²) < 4.78 is 4.72. The summed E-state index contributed by atoms with van der Waals surface area (Å²) in [4.78, 5) is 12.4. The second-order valence-corrected chi connectivity index (χ2v) is 2.82. The third-order valence-corrected chi connectivity index (χ3v) is 1.64. The maximum Gasteiger partial charge on any atom is 0.409 e. The first kappa shape index (κ1) is 7.66. The molecule has 1 fully saturated rings. The Hall–Kier alpha value is -0.440. The lowest BCUT2D eigenvalue weighted by Crippen LogP contribution is -2.51. The van der Waals surface area contributed by atoms with Gasteiger partial charge in [-0.1, -0.05) is 0 Å². The van der Waals surface area contributed by atoms with Gasteiger partial charge in [-0.2, -0.15) is 0 Å². The molecule has 0 atom stereocenters. The number of rotatable bonds is 1. The Kier molecular flexibility index (Phi) is 2.38. The van der Waals surface area contributed by atoms with Gasteiger partial charge in [0.1, 0.15) is 0 Å². The van der Waals surface area contributed by atoms with E-state index in [1.165, 1.54) is 0 Å². The van der Waals surface area contributed by atoms with Gasteiger partial charge in [-0.15, -0.1) is 11.6 Å². The predicted octanol–water partition coefficient (Wildman–Crippen LogP) is 1.07. The summed E-state index contributed by atoms with van der Waals surface area (Å²) in [7, 11) is 0. The van der Waals surface area contributed by atoms with Crippen LogP contribution in [0.1, 0.15) is 6.92 Å². The van der Waals surface area contributed by atoms with E-state index in [4.69, 9.17) is 16.3 Å². The van der Waals surface area contributed by atoms with Crippen LogP contribution < -0.4 is 0 Å². The number of halogens is 1. The number of hydrogen-bond acceptors (Lipinski definition) is 2. The molecule has 0 aromatic heterocycles. The van der Waals surface area contributed by atoms with Gasteiger partial charge in [-0.3, -0.25) is 0 Å². The van der Waals surface area contributed by atoms with Gasteiger partial charge < -0.3 is 9.64 Å². The van der Waals surface area contributed by atoms with E-state index in [1.807, 2.05) is 0 Å². The van der Waals surface area contributed by atoms with Gasteiger partial charge in [-0.05, 0) is 6.92 Å². The molecule has 0 saturated carbocycles. The van der Waals surface area contributed by atoms with Crippen molar-refractivity contribution in [3.63, 3.8) is 0 Å². The average Bonchev–Trinajstić information content (AvgIpc) is 1.82. The zero-order valence-corrected chi connectivity index (χ0v) is 6.60. The first-order valence-electron chi connectivity index (χ1n) is 3.29. The molecule has 1 heterocycles. The smallest absolute Gasteiger partial charge is 0.409 e. The van der Waals surface area contributed by atoms with Gasteiger partial charge in [0.15, 0.2) is 0 Å². The Morgan fingerprint density at radius 3 is 2.80 bits per heavy atom. The molecule has 0 aromatic rings. The van der Waals surface area contributed by atoms with E-state index < -0.39 is 0 Å². The minimum atomic E-state index is -0.251. The lowest BCUT2D eigenvalue weighted by atomic mass is 10.2. The molecule has 10 heavy (non-hydrogen) atoms. The summed E-state index contributed by atoms with van der Waals surface area (Å²) in [5.74, 6) is 0. The summed E-state index contributed by atoms with van der Waals surface area (Å²) in [5.41, 5.74) is 0. The molecule has 0 N–H and O–H groups in total. The fraction of sp³-hybridized carbons (Fsp3) is 0.833. The zero-order chi connectivity index (χ0) is 7.56. The van der Waals surface area contributed by atoms with E-state index in [-0.39, 0.29) is 11.5 Å². The Labute approximate surface area is 64.9 Å². The maximum atomic E-state index is 10.8. The van der Waals surface area contributed by atoms with Crippen LogP contribution >= 0.6 is 11.6 Å². The van der Waals surface area contributed by atoms with Crippen molar-refractivity contribution in [2.45, 2.75) is 12.3 Å². The molecular weight excluding hydrogens is 154 g/mol. The lowest BCUT2D eigenvalue weighted by Gasteiger charge is -2.34. The molecule has 0 aromatic carbocycles. The summed E-state index contributed by atoms with van der Waals surface area (Å²) in [5, 5.41) is 0.129. The van der Waals surface area contributed by atoms with Crippen LogP contribution in [0.2, 0.25) is 0 Å². The van der Waals surface area contributed by atoms with Crippen molar-refractivity contribution in [2.75, 3.05) is 19.7 Å². The quantitative estimate of drug-likeness (QED) is 0.541. The minimum Gasteiger partial charge on any atom is -0.450 e. The second kappa shape index (κ2) is 3.10. The molecule has 1 aliphatic rings. The van der Waals surface area contributed by atoms with Gasteiger partial charge in [-0.25, -0.2) is 4.79 Å². The van der Waals surface area contributed by atoms with Crippen LogP contribution in [0.5, 0.6) is 0 Å². The van der Waals surface area contributed by atoms with E-state index in [2.05, 4.69) is 0 Å². The third kappa shape index (κ3) is 1.53. The average molecular weight is 164 g/mol. The lowest BCUT2D eigenvalue weighted by molar-refractivity contribution is 0.0866. The molecule has 1 rings (SSSR count). The summed E-state index contributed by atoms with van der Waals surface area (Å²) >= 11 is 5.64. The Balaban J connectivity index is 2.18. The Morgan fingerprint density at radius 2 is 2.40 bits per heavy atom. The van der Waals surface area contributed by atoms with Crippen molar-refractivity contribution >= 4 is 17.7 Å². The third-order valence-electron chi connectivity index (χ3n) is 1.36. The highest BCUT2D eigenvalue weighted by molar-refractivity contribution is 6.21. The van der Waals surface area contributed by atoms with Crippen molar-refractivity contribution in [2.24, 2.45) is 0 Å². The molecule has 0 bridgehead atoms. The summed E-state index contributed by atoms with van der Waals surface area (Å²) in [6, 6.07) is 0. The van der Waals surface area contributed by atoms with Crippen LogP contribution in [0.25, 0.3) is 0 Å². The molecule has 4 heteroatoms. The van der Waals surface area contributed by atoms with Crippen molar-refractivity contribution in [3.05, 3.63) is 0 Å². The predicted molar refractivity (Wildman–Crippen MR) is 38.2 cm³/mol. The molecule has 1 amide bonds. The number of hydrogen-bond donors (Lipinski definition) is 0. The number of carbonyl (C=O) groups excluding carboxylic acids is 1. The number of nitrogens with zero attached hydrogens (tertiary/aromatic N) is 1. The highest BCUT2D eigenvalue weighted by Gasteiger charge is 2.29. The molecule has 0 aliphatic carbocycles. The van der Waals surface area contributed by atoms with Crippen LogP contribution in [-0.4, -0.2) is 36.1 Å². The Morgan fingerprint density at radius 1 is 1.80 bits per heavy atom. The van der Waals surface area contributed by atoms with Gasteiger partial charge in [0.05, 0.1) is 12.0 Å². The van der Waals surface area contributed by atoms with E-state index in [9.17, 15) is 4.79 Å². The molecule has 1 aliphatic heterocycles. The molecule has 0 unspecified atom stereocenters. The molecule has 0 spiro atoms.